The fourth-order valence-corrected chi connectivity index (χ4v) is 1.01. The smallest absolute Gasteiger partial charge is 0.333 e. The van der Waals surface area contributed by atoms with Gasteiger partial charge in [-0.15, -0.1) is 0 Å². The van der Waals surface area contributed by atoms with E-state index in [0.717, 1.165) is 11.1 Å². The lowest BCUT2D eigenvalue weighted by molar-refractivity contribution is -0.140. The number of aliphatic hydroxyl groups excluding tert-OH is 1. The topological polar surface area (TPSA) is 46.5 Å². The average molecular weight is 206 g/mol. The highest BCUT2D eigenvalue weighted by Crippen LogP contribution is 2.06. The molecule has 1 aromatic rings. The van der Waals surface area contributed by atoms with E-state index in [9.17, 15) is 4.79 Å². The summed E-state index contributed by atoms with van der Waals surface area (Å²) >= 11 is 0. The molecule has 80 valence electrons. The van der Waals surface area contributed by atoms with Gasteiger partial charge in [-0.3, -0.25) is 0 Å². The molecule has 0 aliphatic carbocycles. The molecule has 3 nitrogen and oxygen atoms in total. The van der Waals surface area contributed by atoms with Crippen LogP contribution in [0.3, 0.4) is 0 Å². The first-order valence-corrected chi connectivity index (χ1v) is 4.65. The first-order valence-electron chi connectivity index (χ1n) is 4.65. The van der Waals surface area contributed by atoms with E-state index < -0.39 is 0 Å². The van der Waals surface area contributed by atoms with Crippen LogP contribution in [0.15, 0.2) is 36.4 Å². The summed E-state index contributed by atoms with van der Waals surface area (Å²) in [5, 5.41) is 8.82. The van der Waals surface area contributed by atoms with Crippen molar-refractivity contribution >= 4 is 5.97 Å². The zero-order chi connectivity index (χ0) is 11.3. The van der Waals surface area contributed by atoms with Gasteiger partial charge in [-0.2, -0.15) is 0 Å². The molecule has 0 saturated carbocycles. The Morgan fingerprint density at radius 1 is 1.33 bits per heavy atom. The van der Waals surface area contributed by atoms with Crippen LogP contribution in [0.25, 0.3) is 0 Å². The SMILES string of the molecule is C=C(C)C(=O)OCc1ccc(CO)cc1. The van der Waals surface area contributed by atoms with E-state index in [1.165, 1.54) is 0 Å². The van der Waals surface area contributed by atoms with Crippen LogP contribution in [0.1, 0.15) is 18.1 Å². The first-order chi connectivity index (χ1) is 7.13. The standard InChI is InChI=1S/C12H14O3/c1-9(2)12(14)15-8-11-5-3-10(7-13)4-6-11/h3-6,13H,1,7-8H2,2H3. The van der Waals surface area contributed by atoms with Crippen molar-refractivity contribution in [1.29, 1.82) is 0 Å². The number of aliphatic hydroxyl groups is 1. The van der Waals surface area contributed by atoms with Gasteiger partial charge in [0.05, 0.1) is 6.61 Å². The molecule has 0 atom stereocenters. The zero-order valence-corrected chi connectivity index (χ0v) is 8.69. The van der Waals surface area contributed by atoms with Crippen molar-refractivity contribution in [3.63, 3.8) is 0 Å². The maximum absolute atomic E-state index is 11.1. The molecule has 0 unspecified atom stereocenters. The summed E-state index contributed by atoms with van der Waals surface area (Å²) in [6.45, 7) is 5.35. The third-order valence-electron chi connectivity index (χ3n) is 1.92. The van der Waals surface area contributed by atoms with Gasteiger partial charge >= 0.3 is 5.97 Å². The predicted molar refractivity (Wildman–Crippen MR) is 57.0 cm³/mol. The predicted octanol–water partition coefficient (Wildman–Crippen LogP) is 1.80. The number of carbonyl (C=O) groups is 1. The third kappa shape index (κ3) is 3.56. The highest BCUT2D eigenvalue weighted by atomic mass is 16.5. The summed E-state index contributed by atoms with van der Waals surface area (Å²) in [4.78, 5) is 11.1. The van der Waals surface area contributed by atoms with Crippen molar-refractivity contribution in [2.24, 2.45) is 0 Å². The second-order valence-corrected chi connectivity index (χ2v) is 3.33. The molecule has 0 amide bonds. The molecule has 0 aromatic heterocycles. The monoisotopic (exact) mass is 206 g/mol. The second kappa shape index (κ2) is 5.32. The number of rotatable bonds is 4. The van der Waals surface area contributed by atoms with Crippen LogP contribution in [0, 0.1) is 0 Å². The van der Waals surface area contributed by atoms with E-state index in [1.54, 1.807) is 19.1 Å². The maximum atomic E-state index is 11.1. The molecule has 0 saturated heterocycles. The molecule has 0 radical (unpaired) electrons. The van der Waals surface area contributed by atoms with Crippen molar-refractivity contribution < 1.29 is 14.6 Å². The van der Waals surface area contributed by atoms with Crippen LogP contribution < -0.4 is 0 Å². The van der Waals surface area contributed by atoms with Crippen molar-refractivity contribution in [3.8, 4) is 0 Å². The fraction of sp³-hybridized carbons (Fsp3) is 0.250. The Morgan fingerprint density at radius 3 is 2.33 bits per heavy atom. The molecular formula is C12H14O3. The van der Waals surface area contributed by atoms with Crippen LogP contribution in [0.2, 0.25) is 0 Å². The van der Waals surface area contributed by atoms with Crippen molar-refractivity contribution in [2.45, 2.75) is 20.1 Å². The van der Waals surface area contributed by atoms with Gasteiger partial charge in [-0.1, -0.05) is 30.8 Å². The van der Waals surface area contributed by atoms with E-state index in [-0.39, 0.29) is 19.2 Å². The summed E-state index contributed by atoms with van der Waals surface area (Å²) in [5.41, 5.74) is 2.12. The normalized spacial score (nSPS) is 9.73. The zero-order valence-electron chi connectivity index (χ0n) is 8.69. The van der Waals surface area contributed by atoms with Gasteiger partial charge < -0.3 is 9.84 Å². The molecule has 3 heteroatoms. The summed E-state index contributed by atoms with van der Waals surface area (Å²) in [5.74, 6) is -0.388. The summed E-state index contributed by atoms with van der Waals surface area (Å²) in [6, 6.07) is 7.22. The molecule has 1 aromatic carbocycles. The maximum Gasteiger partial charge on any atom is 0.333 e. The van der Waals surface area contributed by atoms with Crippen LogP contribution >= 0.6 is 0 Å². The Kier molecular flexibility index (Phi) is 4.06. The lowest BCUT2D eigenvalue weighted by atomic mass is 10.1. The number of ether oxygens (including phenoxy) is 1. The Hall–Kier alpha value is -1.61. The Balaban J connectivity index is 2.51. The van der Waals surface area contributed by atoms with Crippen LogP contribution in [-0.2, 0) is 22.7 Å². The number of esters is 1. The number of hydrogen-bond donors (Lipinski definition) is 1. The minimum absolute atomic E-state index is 0.0197. The van der Waals surface area contributed by atoms with Gasteiger partial charge in [0, 0.05) is 5.57 Å². The second-order valence-electron chi connectivity index (χ2n) is 3.33. The molecular weight excluding hydrogens is 192 g/mol. The van der Waals surface area contributed by atoms with E-state index in [2.05, 4.69) is 6.58 Å². The van der Waals surface area contributed by atoms with Crippen molar-refractivity contribution in [1.82, 2.24) is 0 Å². The number of benzene rings is 1. The van der Waals surface area contributed by atoms with Gasteiger partial charge in [-0.25, -0.2) is 4.79 Å². The van der Waals surface area contributed by atoms with Gasteiger partial charge in [0.1, 0.15) is 6.61 Å². The highest BCUT2D eigenvalue weighted by Gasteiger charge is 2.03. The van der Waals surface area contributed by atoms with Crippen molar-refractivity contribution in [3.05, 3.63) is 47.5 Å². The quantitative estimate of drug-likeness (QED) is 0.603. The van der Waals surface area contributed by atoms with Crippen LogP contribution in [0.4, 0.5) is 0 Å². The fourth-order valence-electron chi connectivity index (χ4n) is 1.01. The van der Waals surface area contributed by atoms with Gasteiger partial charge in [0.25, 0.3) is 0 Å². The molecule has 0 heterocycles. The lowest BCUT2D eigenvalue weighted by Crippen LogP contribution is -2.04. The Morgan fingerprint density at radius 2 is 1.87 bits per heavy atom. The summed E-state index contributed by atoms with van der Waals surface area (Å²) < 4.78 is 4.96. The summed E-state index contributed by atoms with van der Waals surface area (Å²) in [6.07, 6.45) is 0. The van der Waals surface area contributed by atoms with E-state index in [0.29, 0.717) is 5.57 Å². The van der Waals surface area contributed by atoms with E-state index >= 15 is 0 Å². The minimum atomic E-state index is -0.388. The molecule has 0 bridgehead atoms. The van der Waals surface area contributed by atoms with Gasteiger partial charge in [0.2, 0.25) is 0 Å². The largest absolute Gasteiger partial charge is 0.457 e. The lowest BCUT2D eigenvalue weighted by Gasteiger charge is -2.04. The molecule has 0 aliphatic heterocycles. The molecule has 0 spiro atoms. The molecule has 1 N–H and O–H groups in total. The Bertz CT molecular complexity index is 352. The van der Waals surface area contributed by atoms with Crippen molar-refractivity contribution in [2.75, 3.05) is 0 Å². The minimum Gasteiger partial charge on any atom is -0.457 e. The number of carbonyl (C=O) groups excluding carboxylic acids is 1. The van der Waals surface area contributed by atoms with E-state index in [4.69, 9.17) is 9.84 Å². The van der Waals surface area contributed by atoms with Crippen LogP contribution in [-0.4, -0.2) is 11.1 Å². The highest BCUT2D eigenvalue weighted by molar-refractivity contribution is 5.86. The summed E-state index contributed by atoms with van der Waals surface area (Å²) in [7, 11) is 0. The Labute approximate surface area is 89.0 Å². The average Bonchev–Trinajstić information content (AvgIpc) is 2.26. The molecule has 15 heavy (non-hydrogen) atoms. The molecule has 0 aliphatic rings. The first kappa shape index (κ1) is 11.5. The number of hydrogen-bond acceptors (Lipinski definition) is 3. The van der Waals surface area contributed by atoms with Gasteiger partial charge in [-0.05, 0) is 18.1 Å². The third-order valence-corrected chi connectivity index (χ3v) is 1.92. The molecule has 1 rings (SSSR count). The van der Waals surface area contributed by atoms with Gasteiger partial charge in [0.15, 0.2) is 0 Å². The molecule has 0 fully saturated rings. The van der Waals surface area contributed by atoms with Crippen LogP contribution in [0.5, 0.6) is 0 Å². The van der Waals surface area contributed by atoms with E-state index in [1.807, 2.05) is 12.1 Å².